The maximum absolute atomic E-state index is 12.5. The Labute approximate surface area is 126 Å². The molecule has 0 atom stereocenters. The van der Waals surface area contributed by atoms with Gasteiger partial charge >= 0.3 is 0 Å². The van der Waals surface area contributed by atoms with Crippen molar-refractivity contribution < 1.29 is 8.42 Å². The van der Waals surface area contributed by atoms with Crippen molar-refractivity contribution in [1.29, 1.82) is 0 Å². The van der Waals surface area contributed by atoms with Crippen LogP contribution in [0.25, 0.3) is 0 Å². The van der Waals surface area contributed by atoms with Crippen LogP contribution < -0.4 is 10.0 Å². The molecular weight excluding hydrogens is 296 g/mol. The Morgan fingerprint density at radius 1 is 1.35 bits per heavy atom. The zero-order valence-corrected chi connectivity index (χ0v) is 13.4. The van der Waals surface area contributed by atoms with Crippen LogP contribution in [0.4, 0.5) is 0 Å². The van der Waals surface area contributed by atoms with E-state index >= 15 is 0 Å². The van der Waals surface area contributed by atoms with Gasteiger partial charge in [-0.25, -0.2) is 13.1 Å². The van der Waals surface area contributed by atoms with Gasteiger partial charge in [0.15, 0.2) is 0 Å². The summed E-state index contributed by atoms with van der Waals surface area (Å²) < 4.78 is 27.7. The van der Waals surface area contributed by atoms with Crippen molar-refractivity contribution in [3.8, 4) is 0 Å². The molecule has 0 heterocycles. The molecule has 6 heteroatoms. The first-order valence-electron chi connectivity index (χ1n) is 6.89. The van der Waals surface area contributed by atoms with E-state index in [1.165, 1.54) is 0 Å². The second kappa shape index (κ2) is 6.02. The summed E-state index contributed by atoms with van der Waals surface area (Å²) in [4.78, 5) is 0.169. The number of benzene rings is 1. The highest BCUT2D eigenvalue weighted by Gasteiger charge is 2.36. The Balaban J connectivity index is 2.25. The van der Waals surface area contributed by atoms with Crippen molar-refractivity contribution in [3.05, 3.63) is 28.8 Å². The Morgan fingerprint density at radius 3 is 2.60 bits per heavy atom. The highest BCUT2D eigenvalue weighted by atomic mass is 35.5. The minimum atomic E-state index is -3.57. The number of hydrogen-bond donors (Lipinski definition) is 2. The van der Waals surface area contributed by atoms with E-state index < -0.39 is 10.0 Å². The summed E-state index contributed by atoms with van der Waals surface area (Å²) in [6.45, 7) is 5.41. The molecule has 1 fully saturated rings. The molecule has 0 aromatic heterocycles. The molecule has 2 rings (SSSR count). The molecule has 112 valence electrons. The van der Waals surface area contributed by atoms with Crippen LogP contribution in [0.5, 0.6) is 0 Å². The van der Waals surface area contributed by atoms with Gasteiger partial charge in [0.05, 0.1) is 5.02 Å². The van der Waals surface area contributed by atoms with E-state index in [2.05, 4.69) is 10.0 Å². The predicted molar refractivity (Wildman–Crippen MR) is 81.4 cm³/mol. The monoisotopic (exact) mass is 316 g/mol. The molecule has 1 saturated carbocycles. The lowest BCUT2D eigenvalue weighted by molar-refractivity contribution is 0.248. The Hall–Kier alpha value is -0.620. The molecule has 2 N–H and O–H groups in total. The van der Waals surface area contributed by atoms with E-state index in [1.807, 2.05) is 19.9 Å². The topological polar surface area (TPSA) is 58.2 Å². The molecule has 1 aromatic carbocycles. The fourth-order valence-corrected chi connectivity index (χ4v) is 4.34. The molecule has 1 aliphatic carbocycles. The molecule has 0 bridgehead atoms. The summed E-state index contributed by atoms with van der Waals surface area (Å²) in [5.41, 5.74) is 0.593. The second-order valence-electron chi connectivity index (χ2n) is 5.56. The van der Waals surface area contributed by atoms with Gasteiger partial charge in [0.1, 0.15) is 4.90 Å². The van der Waals surface area contributed by atoms with Gasteiger partial charge in [0, 0.05) is 12.1 Å². The number of sulfonamides is 1. The molecule has 0 saturated heterocycles. The van der Waals surface area contributed by atoms with Crippen LogP contribution in [-0.2, 0) is 16.6 Å². The fourth-order valence-electron chi connectivity index (χ4n) is 2.32. The molecule has 4 nitrogen and oxygen atoms in total. The first-order valence-corrected chi connectivity index (χ1v) is 8.75. The standard InChI is InChI=1S/C14H21ClN2O2S/c1-3-16-10-11-5-6-12(15)13(9-11)20(18,19)17-14(2)7-4-8-14/h5-6,9,16-17H,3-4,7-8,10H2,1-2H3. The number of nitrogens with one attached hydrogen (secondary N) is 2. The third-order valence-corrected chi connectivity index (χ3v) is 5.82. The van der Waals surface area contributed by atoms with Crippen molar-refractivity contribution >= 4 is 21.6 Å². The van der Waals surface area contributed by atoms with Gasteiger partial charge in [0.2, 0.25) is 10.0 Å². The third kappa shape index (κ3) is 3.52. The average Bonchev–Trinajstić information content (AvgIpc) is 2.35. The van der Waals surface area contributed by atoms with Crippen LogP contribution in [0.1, 0.15) is 38.7 Å². The number of rotatable bonds is 6. The molecule has 0 amide bonds. The predicted octanol–water partition coefficient (Wildman–Crippen LogP) is 2.67. The Morgan fingerprint density at radius 2 is 2.05 bits per heavy atom. The zero-order chi connectivity index (χ0) is 14.8. The average molecular weight is 317 g/mol. The highest BCUT2D eigenvalue weighted by molar-refractivity contribution is 7.89. The molecule has 0 aliphatic heterocycles. The summed E-state index contributed by atoms with van der Waals surface area (Å²) in [5.74, 6) is 0. The number of halogens is 1. The maximum atomic E-state index is 12.5. The quantitative estimate of drug-likeness (QED) is 0.848. The van der Waals surface area contributed by atoms with Crippen molar-refractivity contribution in [2.45, 2.75) is 50.1 Å². The molecule has 0 spiro atoms. The first kappa shape index (κ1) is 15.8. The minimum Gasteiger partial charge on any atom is -0.313 e. The van der Waals surface area contributed by atoms with Gasteiger partial charge in [-0.2, -0.15) is 0 Å². The smallest absolute Gasteiger partial charge is 0.242 e. The number of hydrogen-bond acceptors (Lipinski definition) is 3. The normalized spacial score (nSPS) is 17.8. The summed E-state index contributed by atoms with van der Waals surface area (Å²) in [6.07, 6.45) is 2.81. The van der Waals surface area contributed by atoms with Crippen molar-refractivity contribution in [2.75, 3.05) is 6.54 Å². The second-order valence-corrected chi connectivity index (χ2v) is 7.62. The summed E-state index contributed by atoms with van der Waals surface area (Å²) >= 11 is 6.07. The maximum Gasteiger partial charge on any atom is 0.242 e. The molecule has 0 radical (unpaired) electrons. The third-order valence-electron chi connectivity index (χ3n) is 3.70. The minimum absolute atomic E-state index is 0.169. The zero-order valence-electron chi connectivity index (χ0n) is 11.9. The van der Waals surface area contributed by atoms with E-state index in [4.69, 9.17) is 11.6 Å². The van der Waals surface area contributed by atoms with Crippen LogP contribution >= 0.6 is 11.6 Å². The molecule has 1 aromatic rings. The highest BCUT2D eigenvalue weighted by Crippen LogP contribution is 2.33. The van der Waals surface area contributed by atoms with Crippen molar-refractivity contribution in [1.82, 2.24) is 10.0 Å². The van der Waals surface area contributed by atoms with Crippen LogP contribution in [0, 0.1) is 0 Å². The van der Waals surface area contributed by atoms with E-state index in [0.717, 1.165) is 31.4 Å². The Kier molecular flexibility index (Phi) is 4.74. The van der Waals surface area contributed by atoms with E-state index in [0.29, 0.717) is 6.54 Å². The van der Waals surface area contributed by atoms with Crippen LogP contribution in [-0.4, -0.2) is 20.5 Å². The Bertz CT molecular complexity index is 583. The van der Waals surface area contributed by atoms with Crippen LogP contribution in [0.3, 0.4) is 0 Å². The van der Waals surface area contributed by atoms with Gasteiger partial charge in [-0.05, 0) is 50.4 Å². The van der Waals surface area contributed by atoms with Gasteiger partial charge < -0.3 is 5.32 Å². The largest absolute Gasteiger partial charge is 0.313 e. The van der Waals surface area contributed by atoms with Gasteiger partial charge in [-0.1, -0.05) is 24.6 Å². The SMILES string of the molecule is CCNCc1ccc(Cl)c(S(=O)(=O)NC2(C)CCC2)c1. The van der Waals surface area contributed by atoms with E-state index in [1.54, 1.807) is 12.1 Å². The molecule has 20 heavy (non-hydrogen) atoms. The lowest BCUT2D eigenvalue weighted by atomic mass is 9.80. The van der Waals surface area contributed by atoms with E-state index in [9.17, 15) is 8.42 Å². The summed E-state index contributed by atoms with van der Waals surface area (Å²) in [5, 5.41) is 3.44. The lowest BCUT2D eigenvalue weighted by Crippen LogP contribution is -2.50. The van der Waals surface area contributed by atoms with E-state index in [-0.39, 0.29) is 15.5 Å². The molecular formula is C14H21ClN2O2S. The fraction of sp³-hybridized carbons (Fsp3) is 0.571. The lowest BCUT2D eigenvalue weighted by Gasteiger charge is -2.38. The van der Waals surface area contributed by atoms with Gasteiger partial charge in [-0.3, -0.25) is 0 Å². The van der Waals surface area contributed by atoms with Crippen LogP contribution in [0.2, 0.25) is 5.02 Å². The first-order chi connectivity index (χ1) is 9.36. The molecule has 1 aliphatic rings. The van der Waals surface area contributed by atoms with Crippen molar-refractivity contribution in [2.24, 2.45) is 0 Å². The summed E-state index contributed by atoms with van der Waals surface area (Å²) in [7, 11) is -3.57. The van der Waals surface area contributed by atoms with Crippen molar-refractivity contribution in [3.63, 3.8) is 0 Å². The van der Waals surface area contributed by atoms with Gasteiger partial charge in [-0.15, -0.1) is 0 Å². The van der Waals surface area contributed by atoms with Crippen LogP contribution in [0.15, 0.2) is 23.1 Å². The molecule has 0 unspecified atom stereocenters. The summed E-state index contributed by atoms with van der Waals surface area (Å²) in [6, 6.07) is 5.14. The van der Waals surface area contributed by atoms with Gasteiger partial charge in [0.25, 0.3) is 0 Å².